The van der Waals surface area contributed by atoms with Crippen LogP contribution in [0.4, 0.5) is 11.4 Å². The largest absolute Gasteiger partial charge is 0.457 e. The van der Waals surface area contributed by atoms with Crippen LogP contribution in [0.1, 0.15) is 10.4 Å². The number of carbonyl (C=O) groups is 1. The maximum Gasteiger partial charge on any atom is 0.271 e. The second-order valence-corrected chi connectivity index (χ2v) is 9.37. The normalized spacial score (nSPS) is 11.0. The van der Waals surface area contributed by atoms with E-state index in [1.807, 2.05) is 30.3 Å². The van der Waals surface area contributed by atoms with Gasteiger partial charge in [-0.25, -0.2) is 8.42 Å². The Labute approximate surface area is 184 Å². The molecule has 0 atom stereocenters. The molecule has 0 fully saturated rings. The van der Waals surface area contributed by atoms with Crippen LogP contribution in [-0.2, 0) is 10.0 Å². The predicted octanol–water partition coefficient (Wildman–Crippen LogP) is 5.59. The van der Waals surface area contributed by atoms with Gasteiger partial charge in [-0.2, -0.15) is 0 Å². The van der Waals surface area contributed by atoms with Crippen LogP contribution in [0.15, 0.2) is 101 Å². The Bertz CT molecular complexity index is 1250. The maximum atomic E-state index is 12.5. The Kier molecular flexibility index (Phi) is 6.01. The first kappa shape index (κ1) is 20.6. The highest BCUT2D eigenvalue weighted by Gasteiger charge is 2.15. The minimum Gasteiger partial charge on any atom is -0.457 e. The van der Waals surface area contributed by atoms with Crippen molar-refractivity contribution in [3.05, 3.63) is 102 Å². The summed E-state index contributed by atoms with van der Waals surface area (Å²) in [5.41, 5.74) is 1.41. The van der Waals surface area contributed by atoms with Gasteiger partial charge in [0.2, 0.25) is 0 Å². The third-order valence-electron chi connectivity index (χ3n) is 4.25. The molecule has 8 heteroatoms. The number of anilines is 2. The highest BCUT2D eigenvalue weighted by atomic mass is 32.2. The van der Waals surface area contributed by atoms with Gasteiger partial charge in [-0.3, -0.25) is 9.52 Å². The number of ether oxygens (including phenoxy) is 1. The number of para-hydroxylation sites is 1. The molecule has 0 bridgehead atoms. The van der Waals surface area contributed by atoms with E-state index in [9.17, 15) is 13.2 Å². The number of benzene rings is 3. The summed E-state index contributed by atoms with van der Waals surface area (Å²) >= 11 is 1.14. The van der Waals surface area contributed by atoms with E-state index in [0.29, 0.717) is 22.7 Å². The molecule has 4 aromatic rings. The highest BCUT2D eigenvalue weighted by molar-refractivity contribution is 7.94. The first-order valence-corrected chi connectivity index (χ1v) is 11.7. The summed E-state index contributed by atoms with van der Waals surface area (Å²) in [6.07, 6.45) is 0. The molecule has 1 aromatic heterocycles. The Balaban J connectivity index is 1.37. The van der Waals surface area contributed by atoms with E-state index in [2.05, 4.69) is 10.0 Å². The van der Waals surface area contributed by atoms with Crippen LogP contribution in [0.3, 0.4) is 0 Å². The predicted molar refractivity (Wildman–Crippen MR) is 122 cm³/mol. The highest BCUT2D eigenvalue weighted by Crippen LogP contribution is 2.23. The molecular weight excluding hydrogens is 432 g/mol. The number of sulfonamides is 1. The van der Waals surface area contributed by atoms with Crippen molar-refractivity contribution in [2.24, 2.45) is 0 Å². The number of hydrogen-bond donors (Lipinski definition) is 2. The zero-order valence-corrected chi connectivity index (χ0v) is 17.8. The second kappa shape index (κ2) is 9.03. The number of nitrogens with one attached hydrogen (secondary N) is 2. The van der Waals surface area contributed by atoms with E-state index in [1.165, 1.54) is 6.07 Å². The molecule has 31 heavy (non-hydrogen) atoms. The van der Waals surface area contributed by atoms with Crippen molar-refractivity contribution in [2.75, 3.05) is 10.0 Å². The van der Waals surface area contributed by atoms with Crippen LogP contribution in [0.5, 0.6) is 11.5 Å². The molecule has 0 aliphatic carbocycles. The summed E-state index contributed by atoms with van der Waals surface area (Å²) in [7, 11) is -3.62. The van der Waals surface area contributed by atoms with Crippen molar-refractivity contribution in [3.63, 3.8) is 0 Å². The quantitative estimate of drug-likeness (QED) is 0.384. The minimum atomic E-state index is -3.62. The number of carbonyl (C=O) groups excluding carboxylic acids is 1. The number of thiophene rings is 1. The molecule has 4 rings (SSSR count). The van der Waals surface area contributed by atoms with Gasteiger partial charge >= 0.3 is 0 Å². The first-order valence-electron chi connectivity index (χ1n) is 9.30. The fourth-order valence-corrected chi connectivity index (χ4v) is 4.80. The molecule has 0 radical (unpaired) electrons. The Morgan fingerprint density at radius 1 is 0.742 bits per heavy atom. The van der Waals surface area contributed by atoms with Crippen LogP contribution in [-0.4, -0.2) is 14.3 Å². The third-order valence-corrected chi connectivity index (χ3v) is 7.03. The van der Waals surface area contributed by atoms with Crippen LogP contribution >= 0.6 is 11.3 Å². The summed E-state index contributed by atoms with van der Waals surface area (Å²) in [6.45, 7) is 0. The fraction of sp³-hybridized carbons (Fsp3) is 0. The topological polar surface area (TPSA) is 84.5 Å². The van der Waals surface area contributed by atoms with Gasteiger partial charge < -0.3 is 10.1 Å². The monoisotopic (exact) mass is 450 g/mol. The molecule has 0 aliphatic heterocycles. The fourth-order valence-electron chi connectivity index (χ4n) is 2.75. The van der Waals surface area contributed by atoms with E-state index >= 15 is 0 Å². The standard InChI is InChI=1S/C23H18N2O4S2/c26-23(24-18-12-14-21(15-13-18)29-20-5-2-1-3-6-20)17-8-10-19(11-9-17)25-31(27,28)22-7-4-16-30-22/h1-16,25H,(H,24,26). The zero-order chi connectivity index (χ0) is 21.7. The van der Waals surface area contributed by atoms with Crippen LogP contribution in [0.2, 0.25) is 0 Å². The van der Waals surface area contributed by atoms with E-state index in [4.69, 9.17) is 4.74 Å². The summed E-state index contributed by atoms with van der Waals surface area (Å²) in [5.74, 6) is 1.09. The average molecular weight is 451 g/mol. The van der Waals surface area contributed by atoms with E-state index < -0.39 is 10.0 Å². The van der Waals surface area contributed by atoms with Gasteiger partial charge in [-0.15, -0.1) is 11.3 Å². The van der Waals surface area contributed by atoms with Gasteiger partial charge in [0.15, 0.2) is 0 Å². The maximum absolute atomic E-state index is 12.5. The Hall–Kier alpha value is -3.62. The molecule has 0 unspecified atom stereocenters. The van der Waals surface area contributed by atoms with Gasteiger partial charge in [-0.1, -0.05) is 24.3 Å². The van der Waals surface area contributed by atoms with E-state index in [-0.39, 0.29) is 10.1 Å². The summed E-state index contributed by atoms with van der Waals surface area (Å²) < 4.78 is 33.0. The third kappa shape index (κ3) is 5.30. The summed E-state index contributed by atoms with van der Waals surface area (Å²) in [5, 5.41) is 4.50. The summed E-state index contributed by atoms with van der Waals surface area (Å²) in [6, 6.07) is 25.9. The molecule has 3 aromatic carbocycles. The first-order chi connectivity index (χ1) is 15.0. The molecule has 0 aliphatic rings. The van der Waals surface area contributed by atoms with E-state index in [0.717, 1.165) is 17.1 Å². The SMILES string of the molecule is O=C(Nc1ccc(Oc2ccccc2)cc1)c1ccc(NS(=O)(=O)c2cccs2)cc1. The molecule has 0 saturated carbocycles. The average Bonchev–Trinajstić information content (AvgIpc) is 3.32. The van der Waals surface area contributed by atoms with Gasteiger partial charge in [-0.05, 0) is 72.1 Å². The van der Waals surface area contributed by atoms with Crippen molar-refractivity contribution in [3.8, 4) is 11.5 Å². The molecule has 1 heterocycles. The van der Waals surface area contributed by atoms with Crippen LogP contribution < -0.4 is 14.8 Å². The zero-order valence-electron chi connectivity index (χ0n) is 16.2. The minimum absolute atomic E-state index is 0.231. The Morgan fingerprint density at radius 2 is 1.39 bits per heavy atom. The lowest BCUT2D eigenvalue weighted by molar-refractivity contribution is 0.102. The van der Waals surface area contributed by atoms with Gasteiger partial charge in [0.1, 0.15) is 15.7 Å². The molecule has 156 valence electrons. The summed E-state index contributed by atoms with van der Waals surface area (Å²) in [4.78, 5) is 12.5. The molecule has 0 spiro atoms. The number of rotatable bonds is 7. The second-order valence-electron chi connectivity index (χ2n) is 6.51. The van der Waals surface area contributed by atoms with E-state index in [1.54, 1.807) is 60.0 Å². The molecule has 2 N–H and O–H groups in total. The van der Waals surface area contributed by atoms with Crippen molar-refractivity contribution < 1.29 is 17.9 Å². The number of hydrogen-bond acceptors (Lipinski definition) is 5. The van der Waals surface area contributed by atoms with Crippen molar-refractivity contribution in [1.29, 1.82) is 0 Å². The Morgan fingerprint density at radius 3 is 2.03 bits per heavy atom. The lowest BCUT2D eigenvalue weighted by Gasteiger charge is -2.09. The lowest BCUT2D eigenvalue weighted by Crippen LogP contribution is -2.13. The number of amides is 1. The van der Waals surface area contributed by atoms with Gasteiger partial charge in [0.05, 0.1) is 0 Å². The molecule has 6 nitrogen and oxygen atoms in total. The van der Waals surface area contributed by atoms with Gasteiger partial charge in [0.25, 0.3) is 15.9 Å². The lowest BCUT2D eigenvalue weighted by atomic mass is 10.2. The molecular formula is C23H18N2O4S2. The smallest absolute Gasteiger partial charge is 0.271 e. The van der Waals surface area contributed by atoms with Crippen LogP contribution in [0.25, 0.3) is 0 Å². The van der Waals surface area contributed by atoms with Crippen molar-refractivity contribution >= 4 is 38.6 Å². The molecule has 0 saturated heterocycles. The van der Waals surface area contributed by atoms with Gasteiger partial charge in [0, 0.05) is 16.9 Å². The van der Waals surface area contributed by atoms with Crippen molar-refractivity contribution in [1.82, 2.24) is 0 Å². The molecule has 1 amide bonds. The van der Waals surface area contributed by atoms with Crippen LogP contribution in [0, 0.1) is 0 Å². The van der Waals surface area contributed by atoms with Crippen molar-refractivity contribution in [2.45, 2.75) is 4.21 Å².